The normalized spacial score (nSPS) is 12.6. The number of para-hydroxylation sites is 1. The Morgan fingerprint density at radius 2 is 1.90 bits per heavy atom. The van der Waals surface area contributed by atoms with Gasteiger partial charge in [0.25, 0.3) is 0 Å². The summed E-state index contributed by atoms with van der Waals surface area (Å²) in [6.45, 7) is 2.19. The number of nitrogens with zero attached hydrogens (tertiary/aromatic N) is 2. The van der Waals surface area contributed by atoms with Gasteiger partial charge in [-0.15, -0.1) is 0 Å². The summed E-state index contributed by atoms with van der Waals surface area (Å²) in [5.41, 5.74) is 4.06. The standard InChI is InChI=1S/C23H24N6O/c1-30-14-13-26-15-16-8-10-17(11-9-16)21(24)29-20-7-4-12-27-23(20)28-19-6-3-2-5-18(19)22(29)25/h2-12,24-26H,13-15H2,1H3,(H,27,28). The molecular formula is C23H24N6O. The highest BCUT2D eigenvalue weighted by molar-refractivity contribution is 6.30. The third-order valence-corrected chi connectivity index (χ3v) is 4.95. The molecule has 0 aliphatic carbocycles. The van der Waals surface area contributed by atoms with Crippen LogP contribution in [0.2, 0.25) is 0 Å². The smallest absolute Gasteiger partial charge is 0.154 e. The van der Waals surface area contributed by atoms with Gasteiger partial charge in [0.05, 0.1) is 18.0 Å². The van der Waals surface area contributed by atoms with E-state index in [1.165, 1.54) is 0 Å². The van der Waals surface area contributed by atoms with Crippen molar-refractivity contribution >= 4 is 28.9 Å². The van der Waals surface area contributed by atoms with Crippen molar-refractivity contribution < 1.29 is 4.74 Å². The largest absolute Gasteiger partial charge is 0.383 e. The van der Waals surface area contributed by atoms with E-state index in [2.05, 4.69) is 15.6 Å². The number of aromatic nitrogens is 1. The summed E-state index contributed by atoms with van der Waals surface area (Å²) in [6, 6.07) is 19.1. The lowest BCUT2D eigenvalue weighted by molar-refractivity contribution is 0.199. The molecule has 2 aromatic carbocycles. The van der Waals surface area contributed by atoms with Gasteiger partial charge in [0.1, 0.15) is 11.7 Å². The number of anilines is 3. The number of hydrogen-bond donors (Lipinski definition) is 4. The van der Waals surface area contributed by atoms with E-state index in [1.807, 2.05) is 60.7 Å². The highest BCUT2D eigenvalue weighted by atomic mass is 16.5. The number of fused-ring (bicyclic) bond motifs is 2. The van der Waals surface area contributed by atoms with Gasteiger partial charge in [-0.25, -0.2) is 4.98 Å². The molecule has 0 bridgehead atoms. The monoisotopic (exact) mass is 400 g/mol. The molecule has 7 heteroatoms. The first kappa shape index (κ1) is 19.8. The summed E-state index contributed by atoms with van der Waals surface area (Å²) in [5, 5.41) is 24.3. The van der Waals surface area contributed by atoms with Crippen LogP contribution in [0.4, 0.5) is 17.2 Å². The van der Waals surface area contributed by atoms with Gasteiger partial charge < -0.3 is 15.4 Å². The zero-order valence-corrected chi connectivity index (χ0v) is 16.8. The molecule has 0 saturated carbocycles. The van der Waals surface area contributed by atoms with Crippen LogP contribution < -0.4 is 15.5 Å². The fourth-order valence-corrected chi connectivity index (χ4v) is 3.39. The van der Waals surface area contributed by atoms with E-state index in [9.17, 15) is 0 Å². The molecule has 1 aliphatic heterocycles. The number of hydrogen-bond acceptors (Lipinski definition) is 6. The number of amidine groups is 2. The Kier molecular flexibility index (Phi) is 5.83. The van der Waals surface area contributed by atoms with E-state index in [1.54, 1.807) is 18.2 Å². The Morgan fingerprint density at radius 3 is 2.70 bits per heavy atom. The molecule has 4 rings (SSSR count). The van der Waals surface area contributed by atoms with Gasteiger partial charge in [-0.05, 0) is 29.8 Å². The molecule has 7 nitrogen and oxygen atoms in total. The molecule has 0 atom stereocenters. The molecule has 1 aromatic heterocycles. The number of pyridine rings is 1. The minimum Gasteiger partial charge on any atom is -0.383 e. The van der Waals surface area contributed by atoms with Crippen LogP contribution in [-0.4, -0.2) is 36.9 Å². The molecule has 152 valence electrons. The van der Waals surface area contributed by atoms with Crippen molar-refractivity contribution in [3.8, 4) is 0 Å². The molecule has 0 spiro atoms. The summed E-state index contributed by atoms with van der Waals surface area (Å²) in [7, 11) is 1.68. The predicted molar refractivity (Wildman–Crippen MR) is 120 cm³/mol. The van der Waals surface area contributed by atoms with Crippen molar-refractivity contribution in [1.82, 2.24) is 10.3 Å². The molecule has 0 amide bonds. The highest BCUT2D eigenvalue weighted by Gasteiger charge is 2.28. The van der Waals surface area contributed by atoms with Crippen LogP contribution in [0.25, 0.3) is 0 Å². The Balaban J connectivity index is 1.63. The third-order valence-electron chi connectivity index (χ3n) is 4.95. The van der Waals surface area contributed by atoms with Gasteiger partial charge in [-0.1, -0.05) is 36.4 Å². The first-order valence-corrected chi connectivity index (χ1v) is 9.76. The molecule has 4 N–H and O–H groups in total. The number of methoxy groups -OCH3 is 1. The maximum absolute atomic E-state index is 8.88. The second kappa shape index (κ2) is 8.86. The van der Waals surface area contributed by atoms with Crippen LogP contribution in [0.5, 0.6) is 0 Å². The summed E-state index contributed by atoms with van der Waals surface area (Å²) >= 11 is 0. The molecule has 2 heterocycles. The van der Waals surface area contributed by atoms with Gasteiger partial charge in [0.2, 0.25) is 0 Å². The van der Waals surface area contributed by atoms with Crippen molar-refractivity contribution in [2.24, 2.45) is 0 Å². The van der Waals surface area contributed by atoms with Crippen LogP contribution in [-0.2, 0) is 11.3 Å². The van der Waals surface area contributed by atoms with Crippen molar-refractivity contribution in [2.75, 3.05) is 30.5 Å². The maximum Gasteiger partial charge on any atom is 0.154 e. The van der Waals surface area contributed by atoms with Crippen LogP contribution in [0.1, 0.15) is 16.7 Å². The van der Waals surface area contributed by atoms with Gasteiger partial charge in [0.15, 0.2) is 5.82 Å². The number of nitrogens with one attached hydrogen (secondary N) is 4. The summed E-state index contributed by atoms with van der Waals surface area (Å²) in [6.07, 6.45) is 1.70. The Morgan fingerprint density at radius 1 is 1.10 bits per heavy atom. The van der Waals surface area contributed by atoms with E-state index < -0.39 is 0 Å². The van der Waals surface area contributed by atoms with Crippen LogP contribution in [0.3, 0.4) is 0 Å². The summed E-state index contributed by atoms with van der Waals surface area (Å²) in [5.74, 6) is 1.09. The molecule has 0 saturated heterocycles. The van der Waals surface area contributed by atoms with E-state index in [4.69, 9.17) is 15.6 Å². The van der Waals surface area contributed by atoms with Gasteiger partial charge >= 0.3 is 0 Å². The summed E-state index contributed by atoms with van der Waals surface area (Å²) in [4.78, 5) is 6.07. The number of rotatable bonds is 6. The van der Waals surface area contributed by atoms with E-state index in [0.29, 0.717) is 18.1 Å². The number of benzene rings is 2. The third kappa shape index (κ3) is 3.94. The molecule has 1 aliphatic rings. The summed E-state index contributed by atoms with van der Waals surface area (Å²) < 4.78 is 5.05. The lowest BCUT2D eigenvalue weighted by Gasteiger charge is -2.25. The molecular weight excluding hydrogens is 376 g/mol. The van der Waals surface area contributed by atoms with E-state index >= 15 is 0 Å². The average molecular weight is 400 g/mol. The molecule has 3 aromatic rings. The lowest BCUT2D eigenvalue weighted by atomic mass is 10.1. The second-order valence-electron chi connectivity index (χ2n) is 6.94. The van der Waals surface area contributed by atoms with E-state index in [0.717, 1.165) is 35.5 Å². The minimum absolute atomic E-state index is 0.228. The SMILES string of the molecule is COCCNCc1ccc(C(=N)N2C(=N)c3ccccc3Nc3ncccc32)cc1. The van der Waals surface area contributed by atoms with Gasteiger partial charge in [-0.2, -0.15) is 0 Å². The molecule has 0 unspecified atom stereocenters. The van der Waals surface area contributed by atoms with E-state index in [-0.39, 0.29) is 11.7 Å². The predicted octanol–water partition coefficient (Wildman–Crippen LogP) is 3.73. The van der Waals surface area contributed by atoms with Crippen molar-refractivity contribution in [1.29, 1.82) is 10.8 Å². The van der Waals surface area contributed by atoms with Crippen molar-refractivity contribution in [3.63, 3.8) is 0 Å². The van der Waals surface area contributed by atoms with Gasteiger partial charge in [-0.3, -0.25) is 15.7 Å². The Hall–Kier alpha value is -3.55. The first-order valence-electron chi connectivity index (χ1n) is 9.76. The first-order chi connectivity index (χ1) is 14.7. The topological polar surface area (TPSA) is 97.1 Å². The fraction of sp³-hybridized carbons (Fsp3) is 0.174. The molecule has 0 radical (unpaired) electrons. The molecule has 30 heavy (non-hydrogen) atoms. The molecule has 0 fully saturated rings. The van der Waals surface area contributed by atoms with Crippen molar-refractivity contribution in [2.45, 2.75) is 6.54 Å². The maximum atomic E-state index is 8.88. The zero-order valence-electron chi connectivity index (χ0n) is 16.8. The van der Waals surface area contributed by atoms with Crippen molar-refractivity contribution in [3.05, 3.63) is 83.6 Å². The lowest BCUT2D eigenvalue weighted by Crippen LogP contribution is -2.36. The number of ether oxygens (including phenoxy) is 1. The van der Waals surface area contributed by atoms with Crippen LogP contribution >= 0.6 is 0 Å². The minimum atomic E-state index is 0.228. The quantitative estimate of drug-likeness (QED) is 0.287. The van der Waals surface area contributed by atoms with Crippen LogP contribution in [0, 0.1) is 10.8 Å². The Bertz CT molecular complexity index is 1060. The average Bonchev–Trinajstić information content (AvgIpc) is 2.90. The zero-order chi connectivity index (χ0) is 20.9. The van der Waals surface area contributed by atoms with Crippen LogP contribution in [0.15, 0.2) is 66.9 Å². The Labute approximate surface area is 175 Å². The fourth-order valence-electron chi connectivity index (χ4n) is 3.39. The highest BCUT2D eigenvalue weighted by Crippen LogP contribution is 2.34. The van der Waals surface area contributed by atoms with Gasteiger partial charge in [0, 0.05) is 37.5 Å². The second-order valence-corrected chi connectivity index (χ2v) is 6.94.